The Morgan fingerprint density at radius 2 is 1.37 bits per heavy atom. The Morgan fingerprint density at radius 1 is 0.889 bits per heavy atom. The molecule has 0 aliphatic carbocycles. The predicted octanol–water partition coefficient (Wildman–Crippen LogP) is 1.37. The smallest absolute Gasteiger partial charge is 0.726 e. The number of ether oxygens (including phenoxy) is 2. The SMILES string of the molecule is C=CCOCC(COCCCCCCCCCCCCC)OS(=O)(=O)[O-].[Na+]. The maximum Gasteiger partial charge on any atom is 1.00 e. The van der Waals surface area contributed by atoms with Crippen LogP contribution >= 0.6 is 0 Å². The van der Waals surface area contributed by atoms with Crippen LogP contribution in [0.1, 0.15) is 77.6 Å². The molecule has 0 saturated heterocycles. The molecular formula is C19H37NaO6S. The minimum absolute atomic E-state index is 0. The van der Waals surface area contributed by atoms with Crippen molar-refractivity contribution in [1.82, 2.24) is 0 Å². The van der Waals surface area contributed by atoms with Gasteiger partial charge >= 0.3 is 29.6 Å². The van der Waals surface area contributed by atoms with Gasteiger partial charge in [0.1, 0.15) is 6.10 Å². The molecule has 0 fully saturated rings. The van der Waals surface area contributed by atoms with Crippen molar-refractivity contribution in [2.45, 2.75) is 83.7 Å². The molecule has 0 spiro atoms. The van der Waals surface area contributed by atoms with E-state index in [2.05, 4.69) is 17.7 Å². The zero-order chi connectivity index (χ0) is 19.5. The van der Waals surface area contributed by atoms with Crippen molar-refractivity contribution >= 4 is 10.4 Å². The third kappa shape index (κ3) is 24.5. The monoisotopic (exact) mass is 416 g/mol. The summed E-state index contributed by atoms with van der Waals surface area (Å²) in [6.45, 7) is 6.52. The van der Waals surface area contributed by atoms with Gasteiger partial charge in [0.25, 0.3) is 0 Å². The maximum absolute atomic E-state index is 10.7. The summed E-state index contributed by atoms with van der Waals surface area (Å²) in [5.41, 5.74) is 0. The second-order valence-corrected chi connectivity index (χ2v) is 7.57. The quantitative estimate of drug-likeness (QED) is 0.0980. The zero-order valence-corrected chi connectivity index (χ0v) is 20.1. The molecular weight excluding hydrogens is 379 g/mol. The number of hydrogen-bond acceptors (Lipinski definition) is 6. The van der Waals surface area contributed by atoms with Crippen LogP contribution in [-0.4, -0.2) is 45.5 Å². The molecule has 0 aliphatic heterocycles. The van der Waals surface area contributed by atoms with Gasteiger partial charge in [-0.05, 0) is 6.42 Å². The Labute approximate surface area is 188 Å². The molecule has 0 aromatic carbocycles. The van der Waals surface area contributed by atoms with Crippen LogP contribution in [0, 0.1) is 0 Å². The van der Waals surface area contributed by atoms with E-state index in [1.54, 1.807) is 0 Å². The van der Waals surface area contributed by atoms with Gasteiger partial charge in [0.05, 0.1) is 19.8 Å². The average molecular weight is 417 g/mol. The van der Waals surface area contributed by atoms with Crippen molar-refractivity contribution in [3.8, 4) is 0 Å². The van der Waals surface area contributed by atoms with Crippen LogP contribution in [0.4, 0.5) is 0 Å². The number of unbranched alkanes of at least 4 members (excludes halogenated alkanes) is 10. The second kappa shape index (κ2) is 21.2. The number of rotatable bonds is 20. The summed E-state index contributed by atoms with van der Waals surface area (Å²) < 4.78 is 47.1. The molecule has 0 radical (unpaired) electrons. The van der Waals surface area contributed by atoms with E-state index in [9.17, 15) is 13.0 Å². The average Bonchev–Trinajstić information content (AvgIpc) is 2.57. The van der Waals surface area contributed by atoms with Crippen LogP contribution in [0.2, 0.25) is 0 Å². The first-order chi connectivity index (χ1) is 12.5. The Hall–Kier alpha value is 0.530. The molecule has 8 heteroatoms. The summed E-state index contributed by atoms with van der Waals surface area (Å²) in [5, 5.41) is 0. The van der Waals surface area contributed by atoms with E-state index >= 15 is 0 Å². The van der Waals surface area contributed by atoms with E-state index in [1.165, 1.54) is 63.9 Å². The fourth-order valence-corrected chi connectivity index (χ4v) is 3.08. The second-order valence-electron chi connectivity index (χ2n) is 6.56. The minimum atomic E-state index is -4.76. The van der Waals surface area contributed by atoms with E-state index in [-0.39, 0.29) is 49.4 Å². The first-order valence-corrected chi connectivity index (χ1v) is 11.2. The van der Waals surface area contributed by atoms with Crippen molar-refractivity contribution in [2.75, 3.05) is 26.4 Å². The predicted molar refractivity (Wildman–Crippen MR) is 103 cm³/mol. The molecule has 6 nitrogen and oxygen atoms in total. The third-order valence-corrected chi connectivity index (χ3v) is 4.50. The molecule has 156 valence electrons. The van der Waals surface area contributed by atoms with Gasteiger partial charge in [-0.2, -0.15) is 0 Å². The summed E-state index contributed by atoms with van der Waals surface area (Å²) in [5.74, 6) is 0. The number of hydrogen-bond donors (Lipinski definition) is 0. The molecule has 0 aromatic heterocycles. The van der Waals surface area contributed by atoms with E-state index < -0.39 is 16.5 Å². The summed E-state index contributed by atoms with van der Waals surface area (Å²) in [7, 11) is -4.76. The van der Waals surface area contributed by atoms with Crippen LogP contribution < -0.4 is 29.6 Å². The van der Waals surface area contributed by atoms with Gasteiger partial charge in [-0.3, -0.25) is 4.18 Å². The van der Waals surface area contributed by atoms with Crippen LogP contribution in [-0.2, 0) is 24.1 Å². The molecule has 1 atom stereocenters. The van der Waals surface area contributed by atoms with Crippen molar-refractivity contribution < 1.29 is 56.2 Å². The first kappa shape index (κ1) is 29.7. The van der Waals surface area contributed by atoms with E-state index in [1.807, 2.05) is 0 Å². The van der Waals surface area contributed by atoms with Crippen LogP contribution in [0.5, 0.6) is 0 Å². The maximum atomic E-state index is 10.7. The minimum Gasteiger partial charge on any atom is -0.726 e. The summed E-state index contributed by atoms with van der Waals surface area (Å²) in [6, 6.07) is 0. The fourth-order valence-electron chi connectivity index (χ4n) is 2.64. The van der Waals surface area contributed by atoms with Gasteiger partial charge < -0.3 is 14.0 Å². The van der Waals surface area contributed by atoms with Gasteiger partial charge in [-0.15, -0.1) is 6.58 Å². The largest absolute Gasteiger partial charge is 1.00 e. The van der Waals surface area contributed by atoms with Crippen LogP contribution in [0.25, 0.3) is 0 Å². The van der Waals surface area contributed by atoms with Crippen LogP contribution in [0.3, 0.4) is 0 Å². The van der Waals surface area contributed by atoms with E-state index in [0.717, 1.165) is 12.8 Å². The Morgan fingerprint density at radius 3 is 1.85 bits per heavy atom. The molecule has 0 N–H and O–H groups in total. The third-order valence-electron chi connectivity index (χ3n) is 3.99. The zero-order valence-electron chi connectivity index (χ0n) is 17.3. The van der Waals surface area contributed by atoms with Gasteiger partial charge in [-0.1, -0.05) is 77.2 Å². The molecule has 0 aromatic rings. The van der Waals surface area contributed by atoms with Gasteiger partial charge in [0.2, 0.25) is 10.4 Å². The van der Waals surface area contributed by atoms with E-state index in [0.29, 0.717) is 6.61 Å². The molecule has 0 rings (SSSR count). The van der Waals surface area contributed by atoms with Crippen molar-refractivity contribution in [1.29, 1.82) is 0 Å². The first-order valence-electron chi connectivity index (χ1n) is 9.90. The van der Waals surface area contributed by atoms with Crippen molar-refractivity contribution in [2.24, 2.45) is 0 Å². The molecule has 27 heavy (non-hydrogen) atoms. The molecule has 1 unspecified atom stereocenters. The van der Waals surface area contributed by atoms with Gasteiger partial charge in [0, 0.05) is 6.61 Å². The fraction of sp³-hybridized carbons (Fsp3) is 0.895. The van der Waals surface area contributed by atoms with Crippen LogP contribution in [0.15, 0.2) is 12.7 Å². The molecule has 0 saturated carbocycles. The Balaban J connectivity index is 0. The van der Waals surface area contributed by atoms with Crippen molar-refractivity contribution in [3.63, 3.8) is 0 Å². The van der Waals surface area contributed by atoms with E-state index in [4.69, 9.17) is 9.47 Å². The van der Waals surface area contributed by atoms with Gasteiger partial charge in [0.15, 0.2) is 0 Å². The molecule has 0 amide bonds. The summed E-state index contributed by atoms with van der Waals surface area (Å²) in [4.78, 5) is 0. The summed E-state index contributed by atoms with van der Waals surface area (Å²) in [6.07, 6.45) is 14.4. The topological polar surface area (TPSA) is 84.9 Å². The Bertz CT molecular complexity index is 416. The standard InChI is InChI=1S/C19H38O6S.Na/c1-3-5-6-7-8-9-10-11-12-13-14-16-24-18-19(17-23-15-4-2)25-26(20,21)22;/h4,19H,2-3,5-18H2,1H3,(H,20,21,22);/q;+1/p-1. The summed E-state index contributed by atoms with van der Waals surface area (Å²) >= 11 is 0. The molecule has 0 aliphatic rings. The molecule has 0 heterocycles. The Kier molecular flexibility index (Phi) is 23.4. The normalized spacial score (nSPS) is 12.5. The van der Waals surface area contributed by atoms with Crippen molar-refractivity contribution in [3.05, 3.63) is 12.7 Å². The van der Waals surface area contributed by atoms with Gasteiger partial charge in [-0.25, -0.2) is 8.42 Å². The molecule has 0 bridgehead atoms.